The minimum atomic E-state index is -0.269. The number of para-hydroxylation sites is 1. The van der Waals surface area contributed by atoms with Gasteiger partial charge in [-0.15, -0.1) is 0 Å². The molecule has 148 valence electrons. The van der Waals surface area contributed by atoms with Gasteiger partial charge in [-0.25, -0.2) is 14.4 Å². The number of aromatic nitrogens is 3. The summed E-state index contributed by atoms with van der Waals surface area (Å²) in [7, 11) is 0. The number of pyridine rings is 1. The van der Waals surface area contributed by atoms with Crippen LogP contribution in [0.3, 0.4) is 0 Å². The summed E-state index contributed by atoms with van der Waals surface area (Å²) < 4.78 is 15.2. The van der Waals surface area contributed by atoms with Crippen LogP contribution in [0, 0.1) is 12.7 Å². The lowest BCUT2D eigenvalue weighted by Gasteiger charge is -2.05. The first-order chi connectivity index (χ1) is 14.6. The highest BCUT2D eigenvalue weighted by Crippen LogP contribution is 2.27. The first kappa shape index (κ1) is 18.4. The lowest BCUT2D eigenvalue weighted by atomic mass is 10.2. The average Bonchev–Trinajstić information content (AvgIpc) is 3.31. The van der Waals surface area contributed by atoms with Crippen molar-refractivity contribution < 1.29 is 9.18 Å². The van der Waals surface area contributed by atoms with Crippen molar-refractivity contribution in [2.45, 2.75) is 13.5 Å². The summed E-state index contributed by atoms with van der Waals surface area (Å²) in [6, 6.07) is 17.6. The molecule has 0 bridgehead atoms. The van der Waals surface area contributed by atoms with Gasteiger partial charge in [0, 0.05) is 27.7 Å². The van der Waals surface area contributed by atoms with Crippen molar-refractivity contribution >= 4 is 33.1 Å². The van der Waals surface area contributed by atoms with Crippen LogP contribution in [0.5, 0.6) is 0 Å². The van der Waals surface area contributed by atoms with E-state index in [9.17, 15) is 9.18 Å². The highest BCUT2D eigenvalue weighted by molar-refractivity contribution is 7.17. The lowest BCUT2D eigenvalue weighted by molar-refractivity contribution is 0.0946. The standard InChI is InChI=1S/C23H17FN4OS/c1-14-21(12-25-22(29)19-11-8-15-4-2-3-5-18(15)26-19)30-23-27-20(13-28(14)23)16-6-9-17(24)10-7-16/h2-11,13H,12H2,1H3,(H,25,29). The van der Waals surface area contributed by atoms with E-state index in [1.165, 1.54) is 23.5 Å². The number of thiazole rings is 1. The molecule has 1 amide bonds. The fraction of sp³-hybridized carbons (Fsp3) is 0.0870. The van der Waals surface area contributed by atoms with Gasteiger partial charge in [-0.1, -0.05) is 35.6 Å². The lowest BCUT2D eigenvalue weighted by Crippen LogP contribution is -2.23. The first-order valence-corrected chi connectivity index (χ1v) is 10.3. The smallest absolute Gasteiger partial charge is 0.270 e. The minimum absolute atomic E-state index is 0.210. The molecule has 3 heterocycles. The monoisotopic (exact) mass is 416 g/mol. The Kier molecular flexibility index (Phi) is 4.52. The summed E-state index contributed by atoms with van der Waals surface area (Å²) in [5.41, 5.74) is 3.86. The summed E-state index contributed by atoms with van der Waals surface area (Å²) in [6.45, 7) is 2.40. The number of carbonyl (C=O) groups is 1. The van der Waals surface area contributed by atoms with Crippen LogP contribution in [0.1, 0.15) is 21.1 Å². The van der Waals surface area contributed by atoms with E-state index >= 15 is 0 Å². The molecule has 0 radical (unpaired) electrons. The normalized spacial score (nSPS) is 11.3. The molecule has 0 aliphatic heterocycles. The summed E-state index contributed by atoms with van der Waals surface area (Å²) in [5.74, 6) is -0.479. The predicted octanol–water partition coefficient (Wildman–Crippen LogP) is 4.99. The number of amides is 1. The third kappa shape index (κ3) is 3.33. The number of rotatable bonds is 4. The van der Waals surface area contributed by atoms with Gasteiger partial charge in [-0.2, -0.15) is 0 Å². The van der Waals surface area contributed by atoms with Crippen molar-refractivity contribution in [3.63, 3.8) is 0 Å². The highest BCUT2D eigenvalue weighted by Gasteiger charge is 2.15. The Morgan fingerprint density at radius 1 is 1.07 bits per heavy atom. The zero-order valence-electron chi connectivity index (χ0n) is 16.1. The van der Waals surface area contributed by atoms with Crippen molar-refractivity contribution in [3.05, 3.63) is 88.9 Å². The van der Waals surface area contributed by atoms with E-state index in [1.54, 1.807) is 18.2 Å². The van der Waals surface area contributed by atoms with Crippen LogP contribution >= 0.6 is 11.3 Å². The Bertz CT molecular complexity index is 1390. The number of nitrogens with zero attached hydrogens (tertiary/aromatic N) is 3. The molecule has 0 spiro atoms. The first-order valence-electron chi connectivity index (χ1n) is 9.46. The van der Waals surface area contributed by atoms with Gasteiger partial charge in [0.1, 0.15) is 11.5 Å². The maximum absolute atomic E-state index is 13.2. The summed E-state index contributed by atoms with van der Waals surface area (Å²) in [4.78, 5) is 23.5. The Labute approximate surface area is 175 Å². The number of hydrogen-bond acceptors (Lipinski definition) is 4. The molecule has 0 saturated carbocycles. The number of fused-ring (bicyclic) bond motifs is 2. The minimum Gasteiger partial charge on any atom is -0.346 e. The van der Waals surface area contributed by atoms with Gasteiger partial charge in [0.05, 0.1) is 17.8 Å². The number of nitrogens with one attached hydrogen (secondary N) is 1. The van der Waals surface area contributed by atoms with Crippen molar-refractivity contribution in [1.29, 1.82) is 0 Å². The van der Waals surface area contributed by atoms with Crippen LogP contribution in [0.25, 0.3) is 27.1 Å². The van der Waals surface area contributed by atoms with Gasteiger partial charge in [0.25, 0.3) is 5.91 Å². The second-order valence-corrected chi connectivity index (χ2v) is 8.03. The molecule has 7 heteroatoms. The number of aryl methyl sites for hydroxylation is 1. The third-order valence-corrected chi connectivity index (χ3v) is 6.19. The van der Waals surface area contributed by atoms with E-state index in [-0.39, 0.29) is 11.7 Å². The Hall–Kier alpha value is -3.58. The van der Waals surface area contributed by atoms with E-state index < -0.39 is 0 Å². The second kappa shape index (κ2) is 7.35. The molecule has 0 atom stereocenters. The molecule has 5 nitrogen and oxygen atoms in total. The van der Waals surface area contributed by atoms with E-state index in [2.05, 4.69) is 15.3 Å². The largest absolute Gasteiger partial charge is 0.346 e. The van der Waals surface area contributed by atoms with Crippen molar-refractivity contribution in [2.75, 3.05) is 0 Å². The SMILES string of the molecule is Cc1c(CNC(=O)c2ccc3ccccc3n2)sc2nc(-c3ccc(F)cc3)cn12. The number of hydrogen-bond donors (Lipinski definition) is 1. The van der Waals surface area contributed by atoms with Crippen molar-refractivity contribution in [2.24, 2.45) is 0 Å². The molecular weight excluding hydrogens is 399 g/mol. The van der Waals surface area contributed by atoms with Crippen molar-refractivity contribution in [3.8, 4) is 11.3 Å². The average molecular weight is 416 g/mol. The Morgan fingerprint density at radius 3 is 2.67 bits per heavy atom. The van der Waals surface area contributed by atoms with E-state index in [0.717, 1.165) is 37.7 Å². The van der Waals surface area contributed by atoms with E-state index in [4.69, 9.17) is 0 Å². The fourth-order valence-electron chi connectivity index (χ4n) is 3.36. The van der Waals surface area contributed by atoms with Crippen LogP contribution in [-0.2, 0) is 6.54 Å². The van der Waals surface area contributed by atoms with Crippen LogP contribution < -0.4 is 5.32 Å². The third-order valence-electron chi connectivity index (χ3n) is 5.03. The van der Waals surface area contributed by atoms with Gasteiger partial charge in [0.2, 0.25) is 0 Å². The number of halogens is 1. The molecular formula is C23H17FN4OS. The van der Waals surface area contributed by atoms with Crippen LogP contribution in [-0.4, -0.2) is 20.3 Å². The summed E-state index contributed by atoms with van der Waals surface area (Å²) in [6.07, 6.45) is 1.94. The number of imidazole rings is 1. The topological polar surface area (TPSA) is 59.3 Å². The zero-order chi connectivity index (χ0) is 20.7. The molecule has 0 fully saturated rings. The van der Waals surface area contributed by atoms with Gasteiger partial charge in [0.15, 0.2) is 4.96 Å². The van der Waals surface area contributed by atoms with E-state index in [0.29, 0.717) is 12.2 Å². The maximum Gasteiger partial charge on any atom is 0.270 e. The van der Waals surface area contributed by atoms with Crippen LogP contribution in [0.2, 0.25) is 0 Å². The molecule has 1 N–H and O–H groups in total. The van der Waals surface area contributed by atoms with Gasteiger partial charge < -0.3 is 5.32 Å². The summed E-state index contributed by atoms with van der Waals surface area (Å²) >= 11 is 1.52. The molecule has 0 unspecified atom stereocenters. The van der Waals surface area contributed by atoms with Gasteiger partial charge >= 0.3 is 0 Å². The quantitative estimate of drug-likeness (QED) is 0.449. The number of benzene rings is 2. The molecule has 0 aliphatic rings. The Balaban J connectivity index is 1.34. The number of carbonyl (C=O) groups excluding carboxylic acids is 1. The van der Waals surface area contributed by atoms with E-state index in [1.807, 2.05) is 47.9 Å². The van der Waals surface area contributed by atoms with Gasteiger partial charge in [-0.05, 0) is 43.3 Å². The van der Waals surface area contributed by atoms with Crippen LogP contribution in [0.15, 0.2) is 66.9 Å². The molecule has 5 aromatic rings. The highest BCUT2D eigenvalue weighted by atomic mass is 32.1. The second-order valence-electron chi connectivity index (χ2n) is 6.97. The van der Waals surface area contributed by atoms with Crippen molar-refractivity contribution in [1.82, 2.24) is 19.7 Å². The predicted molar refractivity (Wildman–Crippen MR) is 116 cm³/mol. The molecule has 0 saturated heterocycles. The molecule has 3 aromatic heterocycles. The maximum atomic E-state index is 13.2. The summed E-state index contributed by atoms with van der Waals surface area (Å²) in [5, 5.41) is 3.95. The fourth-order valence-corrected chi connectivity index (χ4v) is 4.40. The molecule has 5 rings (SSSR count). The molecule has 2 aromatic carbocycles. The van der Waals surface area contributed by atoms with Gasteiger partial charge in [-0.3, -0.25) is 9.20 Å². The molecule has 30 heavy (non-hydrogen) atoms. The molecule has 0 aliphatic carbocycles. The van der Waals surface area contributed by atoms with Crippen LogP contribution in [0.4, 0.5) is 4.39 Å². The Morgan fingerprint density at radius 2 is 1.87 bits per heavy atom. The zero-order valence-corrected chi connectivity index (χ0v) is 16.9.